The summed E-state index contributed by atoms with van der Waals surface area (Å²) in [6, 6.07) is 12.9. The first kappa shape index (κ1) is 13.4. The van der Waals surface area contributed by atoms with Crippen LogP contribution < -0.4 is 5.32 Å². The lowest BCUT2D eigenvalue weighted by molar-refractivity contribution is 0.378. The van der Waals surface area contributed by atoms with Gasteiger partial charge < -0.3 is 5.32 Å². The number of para-hydroxylation sites is 1. The van der Waals surface area contributed by atoms with Crippen LogP contribution in [0.3, 0.4) is 0 Å². The Morgan fingerprint density at radius 1 is 1.20 bits per heavy atom. The van der Waals surface area contributed by atoms with Crippen LogP contribution in [0.4, 0.5) is 0 Å². The Hall–Kier alpha value is -1.61. The number of nitrogens with zero attached hydrogens (tertiary/aromatic N) is 2. The van der Waals surface area contributed by atoms with Gasteiger partial charge in [-0.2, -0.15) is 5.10 Å². The van der Waals surface area contributed by atoms with Gasteiger partial charge >= 0.3 is 0 Å². The molecule has 0 amide bonds. The first-order valence-electron chi connectivity index (χ1n) is 7.66. The maximum atomic E-state index is 4.63. The molecule has 0 radical (unpaired) electrons. The van der Waals surface area contributed by atoms with Gasteiger partial charge in [0.05, 0.1) is 11.4 Å². The Balaban J connectivity index is 1.57. The van der Waals surface area contributed by atoms with E-state index in [4.69, 9.17) is 0 Å². The number of hydrogen-bond donors (Lipinski definition) is 1. The third kappa shape index (κ3) is 3.10. The second-order valence-corrected chi connectivity index (χ2v) is 5.80. The number of benzene rings is 1. The average Bonchev–Trinajstić information content (AvgIpc) is 3.17. The Kier molecular flexibility index (Phi) is 4.16. The molecule has 1 aromatic carbocycles. The van der Waals surface area contributed by atoms with Crippen molar-refractivity contribution in [3.63, 3.8) is 0 Å². The fourth-order valence-corrected chi connectivity index (χ4v) is 3.07. The van der Waals surface area contributed by atoms with Crippen LogP contribution in [0, 0.1) is 5.92 Å². The van der Waals surface area contributed by atoms with Gasteiger partial charge in [0, 0.05) is 18.8 Å². The maximum absolute atomic E-state index is 4.63. The highest BCUT2D eigenvalue weighted by atomic mass is 15.3. The first-order chi connectivity index (χ1) is 9.83. The van der Waals surface area contributed by atoms with Crippen molar-refractivity contribution >= 4 is 0 Å². The van der Waals surface area contributed by atoms with E-state index in [2.05, 4.69) is 35.5 Å². The zero-order valence-corrected chi connectivity index (χ0v) is 12.1. The van der Waals surface area contributed by atoms with E-state index in [9.17, 15) is 0 Å². The minimum absolute atomic E-state index is 0.597. The predicted molar refractivity (Wildman–Crippen MR) is 81.8 cm³/mol. The molecule has 2 aromatic rings. The minimum atomic E-state index is 0.597. The molecule has 3 nitrogen and oxygen atoms in total. The Labute approximate surface area is 121 Å². The Morgan fingerprint density at radius 3 is 2.70 bits per heavy atom. The van der Waals surface area contributed by atoms with Crippen LogP contribution in [0.2, 0.25) is 0 Å². The fourth-order valence-electron chi connectivity index (χ4n) is 3.07. The van der Waals surface area contributed by atoms with Gasteiger partial charge in [0.15, 0.2) is 0 Å². The van der Waals surface area contributed by atoms with Gasteiger partial charge in [-0.1, -0.05) is 31.0 Å². The third-order valence-corrected chi connectivity index (χ3v) is 4.38. The van der Waals surface area contributed by atoms with Crippen LogP contribution in [0.5, 0.6) is 0 Å². The Bertz CT molecular complexity index is 526. The molecule has 1 atom stereocenters. The normalized spacial score (nSPS) is 17.4. The molecule has 0 spiro atoms. The molecule has 0 saturated heterocycles. The first-order valence-corrected chi connectivity index (χ1v) is 7.66. The average molecular weight is 269 g/mol. The summed E-state index contributed by atoms with van der Waals surface area (Å²) in [7, 11) is 0. The molecular weight excluding hydrogens is 246 g/mol. The van der Waals surface area contributed by atoms with Gasteiger partial charge in [0.2, 0.25) is 0 Å². The summed E-state index contributed by atoms with van der Waals surface area (Å²) in [5, 5.41) is 8.26. The van der Waals surface area contributed by atoms with Crippen molar-refractivity contribution in [1.29, 1.82) is 0 Å². The topological polar surface area (TPSA) is 29.9 Å². The minimum Gasteiger partial charge on any atom is -0.308 e. The van der Waals surface area contributed by atoms with Crippen LogP contribution in [0.1, 0.15) is 38.3 Å². The van der Waals surface area contributed by atoms with Crippen LogP contribution >= 0.6 is 0 Å². The van der Waals surface area contributed by atoms with Gasteiger partial charge in [-0.3, -0.25) is 0 Å². The molecule has 1 N–H and O–H groups in total. The molecule has 20 heavy (non-hydrogen) atoms. The summed E-state index contributed by atoms with van der Waals surface area (Å²) >= 11 is 0. The Morgan fingerprint density at radius 2 is 1.95 bits per heavy atom. The molecular formula is C17H23N3. The largest absolute Gasteiger partial charge is 0.308 e. The van der Waals surface area contributed by atoms with Gasteiger partial charge in [0.1, 0.15) is 0 Å². The number of rotatable bonds is 5. The summed E-state index contributed by atoms with van der Waals surface area (Å²) in [5.74, 6) is 0.853. The molecule has 0 aliphatic heterocycles. The quantitative estimate of drug-likeness (QED) is 0.899. The zero-order chi connectivity index (χ0) is 13.8. The number of hydrogen-bond acceptors (Lipinski definition) is 2. The molecule has 3 heteroatoms. The van der Waals surface area contributed by atoms with Gasteiger partial charge in [0.25, 0.3) is 0 Å². The summed E-state index contributed by atoms with van der Waals surface area (Å²) in [6.45, 7) is 3.17. The molecule has 1 aromatic heterocycles. The van der Waals surface area contributed by atoms with E-state index in [0.29, 0.717) is 6.04 Å². The van der Waals surface area contributed by atoms with Crippen molar-refractivity contribution in [3.05, 3.63) is 48.3 Å². The molecule has 0 unspecified atom stereocenters. The lowest BCUT2D eigenvalue weighted by Crippen LogP contribution is -2.31. The van der Waals surface area contributed by atoms with Crippen LogP contribution in [-0.2, 0) is 6.54 Å². The van der Waals surface area contributed by atoms with Gasteiger partial charge in [-0.15, -0.1) is 0 Å². The summed E-state index contributed by atoms with van der Waals surface area (Å²) < 4.78 is 1.94. The summed E-state index contributed by atoms with van der Waals surface area (Å²) in [6.07, 6.45) is 7.60. The molecule has 106 valence electrons. The highest BCUT2D eigenvalue weighted by Crippen LogP contribution is 2.27. The zero-order valence-electron chi connectivity index (χ0n) is 12.1. The van der Waals surface area contributed by atoms with Crippen molar-refractivity contribution in [1.82, 2.24) is 15.1 Å². The second kappa shape index (κ2) is 6.23. The predicted octanol–water partition coefficient (Wildman–Crippen LogP) is 3.54. The van der Waals surface area contributed by atoms with E-state index < -0.39 is 0 Å². The molecule has 1 aliphatic rings. The van der Waals surface area contributed by atoms with E-state index in [1.165, 1.54) is 25.7 Å². The number of aromatic nitrogens is 2. The van der Waals surface area contributed by atoms with Crippen molar-refractivity contribution < 1.29 is 0 Å². The van der Waals surface area contributed by atoms with Crippen LogP contribution in [0.25, 0.3) is 5.69 Å². The highest BCUT2D eigenvalue weighted by Gasteiger charge is 2.21. The maximum Gasteiger partial charge on any atom is 0.0766 e. The molecule has 1 aliphatic carbocycles. The van der Waals surface area contributed by atoms with Crippen LogP contribution in [-0.4, -0.2) is 15.8 Å². The molecule has 1 fully saturated rings. The van der Waals surface area contributed by atoms with E-state index >= 15 is 0 Å². The van der Waals surface area contributed by atoms with Crippen molar-refractivity contribution in [2.75, 3.05) is 0 Å². The van der Waals surface area contributed by atoms with Gasteiger partial charge in [-0.05, 0) is 43.9 Å². The van der Waals surface area contributed by atoms with Crippen molar-refractivity contribution in [3.8, 4) is 5.69 Å². The fraction of sp³-hybridized carbons (Fsp3) is 0.471. The lowest BCUT2D eigenvalue weighted by atomic mass is 10.00. The molecule has 3 rings (SSSR count). The monoisotopic (exact) mass is 269 g/mol. The molecule has 0 bridgehead atoms. The SMILES string of the molecule is C[C@@H](NCc1ccn(-c2ccccc2)n1)C1CCCC1. The summed E-state index contributed by atoms with van der Waals surface area (Å²) in [5.41, 5.74) is 2.22. The van der Waals surface area contributed by atoms with E-state index in [1.807, 2.05) is 29.1 Å². The standard InChI is InChI=1S/C17H23N3/c1-14(15-7-5-6-8-15)18-13-16-11-12-20(19-16)17-9-3-2-4-10-17/h2-4,9-12,14-15,18H,5-8,13H2,1H3/t14-/m1/s1. The van der Waals surface area contributed by atoms with E-state index in [0.717, 1.165) is 23.8 Å². The van der Waals surface area contributed by atoms with E-state index in [1.54, 1.807) is 0 Å². The number of nitrogens with one attached hydrogen (secondary N) is 1. The summed E-state index contributed by atoms with van der Waals surface area (Å²) in [4.78, 5) is 0. The van der Waals surface area contributed by atoms with Gasteiger partial charge in [-0.25, -0.2) is 4.68 Å². The van der Waals surface area contributed by atoms with Crippen molar-refractivity contribution in [2.24, 2.45) is 5.92 Å². The smallest absolute Gasteiger partial charge is 0.0766 e. The molecule has 1 heterocycles. The highest BCUT2D eigenvalue weighted by molar-refractivity contribution is 5.30. The van der Waals surface area contributed by atoms with Crippen molar-refractivity contribution in [2.45, 2.75) is 45.2 Å². The molecule has 1 saturated carbocycles. The van der Waals surface area contributed by atoms with Crippen LogP contribution in [0.15, 0.2) is 42.6 Å². The third-order valence-electron chi connectivity index (χ3n) is 4.38. The van der Waals surface area contributed by atoms with E-state index in [-0.39, 0.29) is 0 Å². The second-order valence-electron chi connectivity index (χ2n) is 5.80. The lowest BCUT2D eigenvalue weighted by Gasteiger charge is -2.19.